The summed E-state index contributed by atoms with van der Waals surface area (Å²) in [5.41, 5.74) is 2.32. The molecule has 1 saturated heterocycles. The zero-order valence-corrected chi connectivity index (χ0v) is 11.3. The van der Waals surface area contributed by atoms with Crippen LogP contribution in [0.1, 0.15) is 5.56 Å². The van der Waals surface area contributed by atoms with Crippen molar-refractivity contribution in [1.29, 1.82) is 0 Å². The zero-order valence-electron chi connectivity index (χ0n) is 11.3. The summed E-state index contributed by atoms with van der Waals surface area (Å²) in [6.45, 7) is 3.41. The van der Waals surface area contributed by atoms with E-state index >= 15 is 0 Å². The SMILES string of the molecule is O=CC1CNCCN1Cc1ccc(-n2ccnc2)cc1. The van der Waals surface area contributed by atoms with Gasteiger partial charge in [-0.15, -0.1) is 0 Å². The highest BCUT2D eigenvalue weighted by atomic mass is 16.1. The number of aromatic nitrogens is 2. The Balaban J connectivity index is 1.70. The fourth-order valence-corrected chi connectivity index (χ4v) is 2.52. The maximum atomic E-state index is 11.1. The number of imidazole rings is 1. The topological polar surface area (TPSA) is 50.2 Å². The highest BCUT2D eigenvalue weighted by Crippen LogP contribution is 2.13. The molecule has 0 amide bonds. The summed E-state index contributed by atoms with van der Waals surface area (Å²) in [7, 11) is 0. The Morgan fingerprint density at radius 1 is 1.35 bits per heavy atom. The molecule has 0 saturated carbocycles. The minimum Gasteiger partial charge on any atom is -0.313 e. The standard InChI is InChI=1S/C15H18N4O/c20-11-15-9-16-5-7-18(15)10-13-1-3-14(4-2-13)19-8-6-17-12-19/h1-4,6,8,11-12,15-16H,5,7,9-10H2. The summed E-state index contributed by atoms with van der Waals surface area (Å²) in [6.07, 6.45) is 6.51. The number of carbonyl (C=O) groups excluding carboxylic acids is 1. The van der Waals surface area contributed by atoms with E-state index in [1.165, 1.54) is 5.56 Å². The first-order valence-corrected chi connectivity index (χ1v) is 6.84. The van der Waals surface area contributed by atoms with Gasteiger partial charge < -0.3 is 14.7 Å². The number of benzene rings is 1. The highest BCUT2D eigenvalue weighted by Gasteiger charge is 2.21. The van der Waals surface area contributed by atoms with Crippen LogP contribution in [0.3, 0.4) is 0 Å². The van der Waals surface area contributed by atoms with E-state index in [0.717, 1.165) is 38.2 Å². The molecule has 0 radical (unpaired) electrons. The van der Waals surface area contributed by atoms with E-state index in [-0.39, 0.29) is 6.04 Å². The van der Waals surface area contributed by atoms with Crippen LogP contribution in [0.4, 0.5) is 0 Å². The second-order valence-electron chi connectivity index (χ2n) is 5.01. The van der Waals surface area contributed by atoms with Gasteiger partial charge in [0.15, 0.2) is 0 Å². The lowest BCUT2D eigenvalue weighted by Crippen LogP contribution is -2.51. The summed E-state index contributed by atoms with van der Waals surface area (Å²) in [5.74, 6) is 0. The molecule has 20 heavy (non-hydrogen) atoms. The Hall–Kier alpha value is -1.98. The summed E-state index contributed by atoms with van der Waals surface area (Å²) < 4.78 is 1.98. The van der Waals surface area contributed by atoms with Crippen LogP contribution in [0.2, 0.25) is 0 Å². The van der Waals surface area contributed by atoms with Gasteiger partial charge in [-0.05, 0) is 17.7 Å². The lowest BCUT2D eigenvalue weighted by Gasteiger charge is -2.32. The maximum Gasteiger partial charge on any atom is 0.138 e. The van der Waals surface area contributed by atoms with Crippen molar-refractivity contribution in [3.05, 3.63) is 48.5 Å². The summed E-state index contributed by atoms with van der Waals surface area (Å²) in [5, 5.41) is 3.25. The number of hydrogen-bond donors (Lipinski definition) is 1. The smallest absolute Gasteiger partial charge is 0.138 e. The fourth-order valence-electron chi connectivity index (χ4n) is 2.52. The van der Waals surface area contributed by atoms with E-state index in [4.69, 9.17) is 0 Å². The Kier molecular flexibility index (Phi) is 3.90. The van der Waals surface area contributed by atoms with Crippen molar-refractivity contribution < 1.29 is 4.79 Å². The van der Waals surface area contributed by atoms with Gasteiger partial charge in [0, 0.05) is 44.3 Å². The molecule has 1 aliphatic heterocycles. The molecule has 1 aromatic carbocycles. The monoisotopic (exact) mass is 270 g/mol. The number of rotatable bonds is 4. The van der Waals surface area contributed by atoms with Crippen molar-refractivity contribution in [3.63, 3.8) is 0 Å². The van der Waals surface area contributed by atoms with E-state index in [2.05, 4.69) is 39.5 Å². The predicted molar refractivity (Wildman–Crippen MR) is 76.7 cm³/mol. The van der Waals surface area contributed by atoms with Gasteiger partial charge in [-0.25, -0.2) is 4.98 Å². The quantitative estimate of drug-likeness (QED) is 0.837. The molecule has 1 atom stereocenters. The van der Waals surface area contributed by atoms with Crippen molar-refractivity contribution >= 4 is 6.29 Å². The first-order valence-electron chi connectivity index (χ1n) is 6.84. The van der Waals surface area contributed by atoms with Gasteiger partial charge in [0.1, 0.15) is 6.29 Å². The Morgan fingerprint density at radius 2 is 2.20 bits per heavy atom. The minimum atomic E-state index is -0.0166. The van der Waals surface area contributed by atoms with Gasteiger partial charge in [-0.3, -0.25) is 4.90 Å². The van der Waals surface area contributed by atoms with Gasteiger partial charge >= 0.3 is 0 Å². The highest BCUT2D eigenvalue weighted by molar-refractivity contribution is 5.58. The van der Waals surface area contributed by atoms with Crippen LogP contribution < -0.4 is 5.32 Å². The molecule has 0 aliphatic carbocycles. The molecule has 104 valence electrons. The molecule has 1 aliphatic rings. The molecule has 5 nitrogen and oxygen atoms in total. The van der Waals surface area contributed by atoms with Gasteiger partial charge in [0.25, 0.3) is 0 Å². The number of hydrogen-bond acceptors (Lipinski definition) is 4. The van der Waals surface area contributed by atoms with E-state index in [1.807, 2.05) is 10.8 Å². The third kappa shape index (κ3) is 2.79. The molecule has 1 N–H and O–H groups in total. The second kappa shape index (κ2) is 5.98. The average Bonchev–Trinajstić information content (AvgIpc) is 3.03. The fraction of sp³-hybridized carbons (Fsp3) is 0.333. The van der Waals surface area contributed by atoms with Crippen LogP contribution in [0.5, 0.6) is 0 Å². The molecular formula is C15H18N4O. The lowest BCUT2D eigenvalue weighted by atomic mass is 10.1. The van der Waals surface area contributed by atoms with Crippen molar-refractivity contribution in [3.8, 4) is 5.69 Å². The number of piperazine rings is 1. The van der Waals surface area contributed by atoms with Gasteiger partial charge in [0.05, 0.1) is 12.4 Å². The van der Waals surface area contributed by atoms with E-state index in [1.54, 1.807) is 12.5 Å². The molecule has 5 heteroatoms. The summed E-state index contributed by atoms with van der Waals surface area (Å²) in [4.78, 5) is 17.3. The summed E-state index contributed by atoms with van der Waals surface area (Å²) >= 11 is 0. The van der Waals surface area contributed by atoms with Gasteiger partial charge in [-0.2, -0.15) is 0 Å². The first kappa shape index (κ1) is 13.0. The number of nitrogens with zero attached hydrogens (tertiary/aromatic N) is 3. The van der Waals surface area contributed by atoms with Crippen LogP contribution in [0, 0.1) is 0 Å². The molecular weight excluding hydrogens is 252 g/mol. The first-order chi connectivity index (χ1) is 9.86. The molecule has 0 bridgehead atoms. The largest absolute Gasteiger partial charge is 0.313 e. The van der Waals surface area contributed by atoms with Crippen LogP contribution >= 0.6 is 0 Å². The van der Waals surface area contributed by atoms with E-state index < -0.39 is 0 Å². The van der Waals surface area contributed by atoms with Crippen molar-refractivity contribution in [2.24, 2.45) is 0 Å². The normalized spacial score (nSPS) is 19.9. The van der Waals surface area contributed by atoms with Crippen molar-refractivity contribution in [2.45, 2.75) is 12.6 Å². The number of nitrogens with one attached hydrogen (secondary N) is 1. The minimum absolute atomic E-state index is 0.0166. The van der Waals surface area contributed by atoms with Crippen molar-refractivity contribution in [2.75, 3.05) is 19.6 Å². The maximum absolute atomic E-state index is 11.1. The van der Waals surface area contributed by atoms with E-state index in [0.29, 0.717) is 0 Å². The van der Waals surface area contributed by atoms with Crippen LogP contribution in [-0.4, -0.2) is 46.4 Å². The molecule has 1 unspecified atom stereocenters. The number of carbonyl (C=O) groups is 1. The second-order valence-corrected chi connectivity index (χ2v) is 5.01. The average molecular weight is 270 g/mol. The third-order valence-electron chi connectivity index (χ3n) is 3.68. The number of aldehydes is 1. The van der Waals surface area contributed by atoms with Crippen LogP contribution in [0.15, 0.2) is 43.0 Å². The molecule has 2 aromatic rings. The molecule has 2 heterocycles. The van der Waals surface area contributed by atoms with Crippen LogP contribution in [0.25, 0.3) is 5.69 Å². The Bertz CT molecular complexity index is 550. The third-order valence-corrected chi connectivity index (χ3v) is 3.68. The van der Waals surface area contributed by atoms with Crippen LogP contribution in [-0.2, 0) is 11.3 Å². The van der Waals surface area contributed by atoms with Gasteiger partial charge in [0.2, 0.25) is 0 Å². The van der Waals surface area contributed by atoms with Gasteiger partial charge in [-0.1, -0.05) is 12.1 Å². The molecule has 1 aromatic heterocycles. The van der Waals surface area contributed by atoms with E-state index in [9.17, 15) is 4.79 Å². The van der Waals surface area contributed by atoms with Crippen molar-refractivity contribution in [1.82, 2.24) is 19.8 Å². The summed E-state index contributed by atoms with van der Waals surface area (Å²) in [6, 6.07) is 8.36. The Labute approximate surface area is 118 Å². The zero-order chi connectivity index (χ0) is 13.8. The molecule has 3 rings (SSSR count). The molecule has 1 fully saturated rings. The molecule has 0 spiro atoms. The predicted octanol–water partition coefficient (Wildman–Crippen LogP) is 0.845. The Morgan fingerprint density at radius 3 is 2.90 bits per heavy atom. The lowest BCUT2D eigenvalue weighted by molar-refractivity contribution is -0.113.